The SMILES string of the molecule is COC(COc1cccc(F)c1Br)OC. The largest absolute Gasteiger partial charge is 0.487 e. The third kappa shape index (κ3) is 3.44. The summed E-state index contributed by atoms with van der Waals surface area (Å²) in [5.74, 6) is 0.0629. The van der Waals surface area contributed by atoms with E-state index in [1.54, 1.807) is 12.1 Å². The normalized spacial score (nSPS) is 10.7. The lowest BCUT2D eigenvalue weighted by atomic mass is 10.3. The first kappa shape index (κ1) is 12.4. The van der Waals surface area contributed by atoms with Crippen molar-refractivity contribution in [2.24, 2.45) is 0 Å². The molecule has 0 saturated heterocycles. The van der Waals surface area contributed by atoms with E-state index < -0.39 is 6.29 Å². The van der Waals surface area contributed by atoms with E-state index in [2.05, 4.69) is 15.9 Å². The van der Waals surface area contributed by atoms with Gasteiger partial charge in [-0.25, -0.2) is 4.39 Å². The van der Waals surface area contributed by atoms with Gasteiger partial charge in [0.05, 0.1) is 4.47 Å². The first-order valence-corrected chi connectivity index (χ1v) is 5.10. The first-order valence-electron chi connectivity index (χ1n) is 4.31. The van der Waals surface area contributed by atoms with Crippen molar-refractivity contribution in [2.45, 2.75) is 6.29 Å². The second-order valence-corrected chi connectivity index (χ2v) is 3.56. The molecular formula is C10H12BrFO3. The van der Waals surface area contributed by atoms with Crippen molar-refractivity contribution in [3.63, 3.8) is 0 Å². The lowest BCUT2D eigenvalue weighted by Crippen LogP contribution is -2.22. The Hall–Kier alpha value is -0.650. The molecule has 1 rings (SSSR count). The van der Waals surface area contributed by atoms with Crippen LogP contribution in [0.2, 0.25) is 0 Å². The van der Waals surface area contributed by atoms with Crippen molar-refractivity contribution in [2.75, 3.05) is 20.8 Å². The minimum atomic E-state index is -0.458. The van der Waals surface area contributed by atoms with Crippen LogP contribution in [0.1, 0.15) is 0 Å². The summed E-state index contributed by atoms with van der Waals surface area (Å²) in [6, 6.07) is 4.58. The Morgan fingerprint density at radius 2 is 2.00 bits per heavy atom. The maximum atomic E-state index is 13.1. The number of benzene rings is 1. The predicted octanol–water partition coefficient (Wildman–Crippen LogP) is 2.59. The Morgan fingerprint density at radius 1 is 1.33 bits per heavy atom. The van der Waals surface area contributed by atoms with Crippen LogP contribution in [0.25, 0.3) is 0 Å². The van der Waals surface area contributed by atoms with E-state index in [-0.39, 0.29) is 12.4 Å². The fourth-order valence-electron chi connectivity index (χ4n) is 0.986. The third-order valence-corrected chi connectivity index (χ3v) is 2.59. The quantitative estimate of drug-likeness (QED) is 0.775. The highest BCUT2D eigenvalue weighted by Crippen LogP contribution is 2.27. The summed E-state index contributed by atoms with van der Waals surface area (Å²) in [6.45, 7) is 0.203. The van der Waals surface area contributed by atoms with Gasteiger partial charge in [0, 0.05) is 14.2 Å². The smallest absolute Gasteiger partial charge is 0.191 e. The van der Waals surface area contributed by atoms with Crippen LogP contribution in [0.15, 0.2) is 22.7 Å². The van der Waals surface area contributed by atoms with Gasteiger partial charge in [0.2, 0.25) is 0 Å². The van der Waals surface area contributed by atoms with E-state index in [1.807, 2.05) is 0 Å². The Balaban J connectivity index is 2.61. The summed E-state index contributed by atoms with van der Waals surface area (Å²) in [5, 5.41) is 0. The van der Waals surface area contributed by atoms with Gasteiger partial charge in [-0.15, -0.1) is 0 Å². The van der Waals surface area contributed by atoms with Crippen LogP contribution in [-0.2, 0) is 9.47 Å². The Labute approximate surface area is 96.3 Å². The molecule has 0 heterocycles. The van der Waals surface area contributed by atoms with Crippen molar-refractivity contribution < 1.29 is 18.6 Å². The minimum Gasteiger partial charge on any atom is -0.487 e. The molecule has 0 spiro atoms. The molecule has 0 unspecified atom stereocenters. The molecule has 0 aliphatic heterocycles. The molecule has 0 aliphatic rings. The molecule has 0 bridgehead atoms. The zero-order valence-corrected chi connectivity index (χ0v) is 10.1. The fourth-order valence-corrected chi connectivity index (χ4v) is 1.36. The molecule has 84 valence electrons. The molecule has 3 nitrogen and oxygen atoms in total. The standard InChI is InChI=1S/C10H12BrFO3/c1-13-9(14-2)6-15-8-5-3-4-7(12)10(8)11/h3-5,9H,6H2,1-2H3. The highest BCUT2D eigenvalue weighted by Gasteiger charge is 2.10. The van der Waals surface area contributed by atoms with Crippen molar-refractivity contribution >= 4 is 15.9 Å². The van der Waals surface area contributed by atoms with Gasteiger partial charge in [-0.2, -0.15) is 0 Å². The molecular weight excluding hydrogens is 267 g/mol. The van der Waals surface area contributed by atoms with E-state index in [0.29, 0.717) is 10.2 Å². The number of hydrogen-bond donors (Lipinski definition) is 0. The molecule has 0 fully saturated rings. The number of hydrogen-bond acceptors (Lipinski definition) is 3. The molecule has 15 heavy (non-hydrogen) atoms. The van der Waals surface area contributed by atoms with Crippen LogP contribution in [0.4, 0.5) is 4.39 Å². The number of methoxy groups -OCH3 is 2. The van der Waals surface area contributed by atoms with Crippen LogP contribution < -0.4 is 4.74 Å². The first-order chi connectivity index (χ1) is 7.19. The zero-order chi connectivity index (χ0) is 11.3. The molecule has 0 amide bonds. The average Bonchev–Trinajstić information content (AvgIpc) is 2.25. The minimum absolute atomic E-state index is 0.203. The maximum Gasteiger partial charge on any atom is 0.191 e. The summed E-state index contributed by atoms with van der Waals surface area (Å²) >= 11 is 3.09. The van der Waals surface area contributed by atoms with Crippen molar-refractivity contribution in [3.05, 3.63) is 28.5 Å². The summed E-state index contributed by atoms with van der Waals surface area (Å²) in [4.78, 5) is 0. The topological polar surface area (TPSA) is 27.7 Å². The average molecular weight is 279 g/mol. The highest BCUT2D eigenvalue weighted by molar-refractivity contribution is 9.10. The van der Waals surface area contributed by atoms with Crippen LogP contribution in [-0.4, -0.2) is 27.1 Å². The monoisotopic (exact) mass is 278 g/mol. The van der Waals surface area contributed by atoms with E-state index in [4.69, 9.17) is 14.2 Å². The van der Waals surface area contributed by atoms with E-state index in [9.17, 15) is 4.39 Å². The molecule has 0 aromatic heterocycles. The van der Waals surface area contributed by atoms with Gasteiger partial charge in [0.25, 0.3) is 0 Å². The fraction of sp³-hybridized carbons (Fsp3) is 0.400. The van der Waals surface area contributed by atoms with Gasteiger partial charge < -0.3 is 14.2 Å². The lowest BCUT2D eigenvalue weighted by Gasteiger charge is -2.15. The van der Waals surface area contributed by atoms with Gasteiger partial charge in [-0.3, -0.25) is 0 Å². The van der Waals surface area contributed by atoms with Crippen LogP contribution >= 0.6 is 15.9 Å². The van der Waals surface area contributed by atoms with Gasteiger partial charge in [-0.05, 0) is 28.1 Å². The molecule has 1 aromatic carbocycles. The second-order valence-electron chi connectivity index (χ2n) is 2.76. The number of ether oxygens (including phenoxy) is 3. The lowest BCUT2D eigenvalue weighted by molar-refractivity contribution is -0.122. The summed E-state index contributed by atoms with van der Waals surface area (Å²) in [6.07, 6.45) is -0.458. The molecule has 0 radical (unpaired) electrons. The van der Waals surface area contributed by atoms with Gasteiger partial charge in [-0.1, -0.05) is 6.07 Å². The molecule has 0 N–H and O–H groups in total. The molecule has 0 aliphatic carbocycles. The van der Waals surface area contributed by atoms with Crippen molar-refractivity contribution in [3.8, 4) is 5.75 Å². The molecule has 1 aromatic rings. The van der Waals surface area contributed by atoms with E-state index in [1.165, 1.54) is 20.3 Å². The summed E-state index contributed by atoms with van der Waals surface area (Å²) in [5.41, 5.74) is 0. The highest BCUT2D eigenvalue weighted by atomic mass is 79.9. The second kappa shape index (κ2) is 6.05. The summed E-state index contributed by atoms with van der Waals surface area (Å²) < 4.78 is 28.6. The van der Waals surface area contributed by atoms with Crippen LogP contribution in [0, 0.1) is 5.82 Å². The van der Waals surface area contributed by atoms with Crippen molar-refractivity contribution in [1.29, 1.82) is 0 Å². The van der Waals surface area contributed by atoms with E-state index in [0.717, 1.165) is 0 Å². The zero-order valence-electron chi connectivity index (χ0n) is 8.50. The Kier molecular flexibility index (Phi) is 5.01. The van der Waals surface area contributed by atoms with Crippen LogP contribution in [0.3, 0.4) is 0 Å². The van der Waals surface area contributed by atoms with Crippen LogP contribution in [0.5, 0.6) is 5.75 Å². The number of halogens is 2. The molecule has 0 saturated carbocycles. The van der Waals surface area contributed by atoms with Gasteiger partial charge in [0.1, 0.15) is 18.2 Å². The Bertz CT molecular complexity index is 316. The molecule has 5 heteroatoms. The summed E-state index contributed by atoms with van der Waals surface area (Å²) in [7, 11) is 3.02. The predicted molar refractivity (Wildman–Crippen MR) is 57.4 cm³/mol. The molecule has 0 atom stereocenters. The van der Waals surface area contributed by atoms with E-state index >= 15 is 0 Å². The number of rotatable bonds is 5. The Morgan fingerprint density at radius 3 is 2.60 bits per heavy atom. The third-order valence-electron chi connectivity index (χ3n) is 1.82. The maximum absolute atomic E-state index is 13.1. The van der Waals surface area contributed by atoms with Gasteiger partial charge in [0.15, 0.2) is 6.29 Å². The van der Waals surface area contributed by atoms with Crippen molar-refractivity contribution in [1.82, 2.24) is 0 Å². The van der Waals surface area contributed by atoms with Gasteiger partial charge >= 0.3 is 0 Å².